The fourth-order valence-electron chi connectivity index (χ4n) is 6.99. The Morgan fingerprint density at radius 1 is 0.519 bits per heavy atom. The van der Waals surface area contributed by atoms with E-state index >= 15 is 0 Å². The van der Waals surface area contributed by atoms with Gasteiger partial charge in [-0.05, 0) is 52.9 Å². The number of morpholine rings is 2. The van der Waals surface area contributed by atoms with Crippen LogP contribution < -0.4 is 26.7 Å². The van der Waals surface area contributed by atoms with Crippen LogP contribution in [-0.4, -0.2) is 136 Å². The molecule has 11 heterocycles. The summed E-state index contributed by atoms with van der Waals surface area (Å²) in [6.07, 6.45) is 19.4. The van der Waals surface area contributed by atoms with Crippen LogP contribution in [0.1, 0.15) is 0 Å². The van der Waals surface area contributed by atoms with Crippen molar-refractivity contribution in [3.8, 4) is 22.7 Å². The van der Waals surface area contributed by atoms with Crippen LogP contribution >= 0.6 is 34.2 Å². The maximum atomic E-state index is 11.4. The number of nitrogens with two attached hydrogens (primary N) is 1. The lowest BCUT2D eigenvalue weighted by atomic mass is 10.3. The van der Waals surface area contributed by atoms with Crippen molar-refractivity contribution in [2.45, 2.75) is 0 Å². The summed E-state index contributed by atoms with van der Waals surface area (Å²) in [6.45, 7) is 5.79. The normalized spacial score (nSPS) is 12.7. The number of nitro groups is 4. The molecule has 0 bridgehead atoms. The van der Waals surface area contributed by atoms with Crippen molar-refractivity contribution in [2.75, 3.05) is 68.1 Å². The van der Waals surface area contributed by atoms with E-state index in [2.05, 4.69) is 50.2 Å². The third kappa shape index (κ3) is 15.4. The molecule has 32 nitrogen and oxygen atoms in total. The second-order valence-corrected chi connectivity index (χ2v) is 17.3. The smallest absolute Gasteiger partial charge is 0.289 e. The van der Waals surface area contributed by atoms with Crippen molar-refractivity contribution in [3.63, 3.8) is 0 Å². The van der Waals surface area contributed by atoms with E-state index in [9.17, 15) is 50.0 Å². The zero-order chi connectivity index (χ0) is 56.4. The Balaban J connectivity index is 0.000000145. The summed E-state index contributed by atoms with van der Waals surface area (Å²) in [4.78, 5) is 83.2. The first-order valence-corrected chi connectivity index (χ1v) is 24.3. The van der Waals surface area contributed by atoms with Gasteiger partial charge in [-0.1, -0.05) is 11.6 Å². The van der Waals surface area contributed by atoms with Gasteiger partial charge in [-0.25, -0.2) is 33.7 Å². The maximum absolute atomic E-state index is 11.4. The molecule has 9 aromatic heterocycles. The number of nitrogens with zero attached hydrogens (tertiary/aromatic N) is 17. The van der Waals surface area contributed by atoms with Gasteiger partial charge in [0, 0.05) is 100 Å². The molecule has 0 aliphatic carbocycles. The van der Waals surface area contributed by atoms with E-state index in [1.54, 1.807) is 87.3 Å². The van der Waals surface area contributed by atoms with Crippen molar-refractivity contribution in [1.29, 1.82) is 0 Å². The minimum Gasteiger partial charge on any atom is -0.397 e. The number of nitrogens with one attached hydrogen (secondary N) is 2. The summed E-state index contributed by atoms with van der Waals surface area (Å²) < 4.78 is 17.1. The van der Waals surface area contributed by atoms with Gasteiger partial charge in [0.25, 0.3) is 33.9 Å². The van der Waals surface area contributed by atoms with Gasteiger partial charge in [0.2, 0.25) is 0 Å². The lowest BCUT2D eigenvalue weighted by molar-refractivity contribution is -0.385. The van der Waals surface area contributed by atoms with Crippen LogP contribution in [0.4, 0.5) is 40.1 Å². The maximum Gasteiger partial charge on any atom is 0.289 e. The van der Waals surface area contributed by atoms with Gasteiger partial charge in [0.15, 0.2) is 16.8 Å². The van der Waals surface area contributed by atoms with E-state index < -0.39 is 25.3 Å². The predicted octanol–water partition coefficient (Wildman–Crippen LogP) is 4.88. The van der Waals surface area contributed by atoms with Gasteiger partial charge >= 0.3 is 0 Å². The van der Waals surface area contributed by atoms with E-state index in [1.807, 2.05) is 23.2 Å². The van der Waals surface area contributed by atoms with Gasteiger partial charge < -0.3 is 35.0 Å². The largest absolute Gasteiger partial charge is 0.397 e. The molecule has 408 valence electrons. The second kappa shape index (κ2) is 27.3. The Kier molecular flexibility index (Phi) is 19.6. The van der Waals surface area contributed by atoms with Gasteiger partial charge in [0.05, 0.1) is 74.0 Å². The van der Waals surface area contributed by atoms with Crippen molar-refractivity contribution < 1.29 is 29.2 Å². The summed E-state index contributed by atoms with van der Waals surface area (Å²) in [5, 5.41) is 58.4. The van der Waals surface area contributed by atoms with Crippen LogP contribution in [0.15, 0.2) is 145 Å². The molecule has 4 N–H and O–H groups in total. The third-order valence-corrected chi connectivity index (χ3v) is 11.8. The molecule has 0 saturated carbocycles. The number of aromatic nitrogens is 13. The van der Waals surface area contributed by atoms with Crippen LogP contribution in [0.2, 0.25) is 5.15 Å². The fraction of sp³-hybridized carbons (Fsp3) is 0.178. The minimum atomic E-state index is -0.580. The van der Waals surface area contributed by atoms with Crippen molar-refractivity contribution in [3.05, 3.63) is 205 Å². The van der Waals surface area contributed by atoms with E-state index in [-0.39, 0.29) is 39.1 Å². The highest BCUT2D eigenvalue weighted by Crippen LogP contribution is 2.27. The molecule has 2 aliphatic heterocycles. The molecule has 0 atom stereocenters. The minimum absolute atomic E-state index is 0.0486. The molecule has 2 saturated heterocycles. The first kappa shape index (κ1) is 56.8. The van der Waals surface area contributed by atoms with Crippen molar-refractivity contribution in [1.82, 2.24) is 64.0 Å². The average Bonchev–Trinajstić information content (AvgIpc) is 4.36. The molecular weight excluding hydrogens is 1170 g/mol. The number of aromatic amines is 2. The van der Waals surface area contributed by atoms with Gasteiger partial charge in [-0.3, -0.25) is 50.0 Å². The molecule has 0 radical (unpaired) electrons. The van der Waals surface area contributed by atoms with E-state index in [0.717, 1.165) is 56.4 Å². The Morgan fingerprint density at radius 2 is 0.899 bits per heavy atom. The molecule has 0 amide bonds. The van der Waals surface area contributed by atoms with Crippen LogP contribution in [0.5, 0.6) is 0 Å². The quantitative estimate of drug-likeness (QED) is 0.0710. The molecule has 11 rings (SSSR count). The monoisotopic (exact) mass is 1220 g/mol. The van der Waals surface area contributed by atoms with Gasteiger partial charge in [-0.2, -0.15) is 20.4 Å². The third-order valence-electron chi connectivity index (χ3n) is 10.7. The molecular formula is C45H42ClIN20O12. The first-order valence-electron chi connectivity index (χ1n) is 22.8. The second-order valence-electron chi connectivity index (χ2n) is 15.8. The Morgan fingerprint density at radius 3 is 1.34 bits per heavy atom. The predicted molar refractivity (Wildman–Crippen MR) is 290 cm³/mol. The van der Waals surface area contributed by atoms with Crippen LogP contribution in [0.25, 0.3) is 22.7 Å². The summed E-state index contributed by atoms with van der Waals surface area (Å²) >= 11 is 7.53. The van der Waals surface area contributed by atoms with Crippen molar-refractivity contribution >= 4 is 74.3 Å². The highest BCUT2D eigenvalue weighted by Gasteiger charge is 2.22. The Labute approximate surface area is 461 Å². The highest BCUT2D eigenvalue weighted by molar-refractivity contribution is 14.1. The number of hydrogen-bond acceptors (Lipinski definition) is 22. The number of nitrogen functional groups attached to an aromatic ring is 1. The van der Waals surface area contributed by atoms with Crippen molar-refractivity contribution in [2.24, 2.45) is 0 Å². The van der Waals surface area contributed by atoms with Crippen LogP contribution in [-0.2, 0) is 9.47 Å². The number of rotatable bonds is 10. The number of hydrogen-bond donors (Lipinski definition) is 3. The molecule has 9 aromatic rings. The summed E-state index contributed by atoms with van der Waals surface area (Å²) in [6, 6.07) is 14.1. The molecule has 2 aliphatic rings. The Bertz CT molecular complexity index is 3610. The summed E-state index contributed by atoms with van der Waals surface area (Å²) in [7, 11) is 0. The number of halogens is 2. The Hall–Kier alpha value is -9.87. The molecule has 0 spiro atoms. The number of anilines is 3. The average molecular weight is 1220 g/mol. The van der Waals surface area contributed by atoms with Gasteiger partial charge in [0.1, 0.15) is 35.1 Å². The van der Waals surface area contributed by atoms with E-state index in [0.29, 0.717) is 52.8 Å². The van der Waals surface area contributed by atoms with Crippen LogP contribution in [0, 0.1) is 44.0 Å². The lowest BCUT2D eigenvalue weighted by Gasteiger charge is -2.29. The van der Waals surface area contributed by atoms with Crippen LogP contribution in [0.3, 0.4) is 0 Å². The number of H-pyrrole nitrogens is 2. The summed E-state index contributed by atoms with van der Waals surface area (Å²) in [5.41, 5.74) is 7.28. The first-order chi connectivity index (χ1) is 38.1. The standard InChI is InChI=1S/C12H13N5O3.C12H15N5O.C8H5ClN4O2.C8H6N4O3.C5H3IN2O3/c18-17(19)10-8-11(16-3-1-2-14-16)12(13-9-10)15-4-6-20-7-5-15;13-10-8-11(17-3-1-2-15-17)12(14-9-10)16-4-6-18-7-5-16;9-8-7(12-3-1-2-11-12)4-6(5-10-8)13(14)15;13-8-7(11-3-1-2-10-11)4-6(5-9-8)12(14)15;6-4-1-3(8(10)11)2-7-5(4)9/h1-3,8-9H,4-7H2;1-3,8-9H,4-7,13H2;1-5H;1-5H,(H,9,13);1-2H,(H,7,9). The summed E-state index contributed by atoms with van der Waals surface area (Å²) in [5.74, 6) is 1.58. The number of ether oxygens (including phenoxy) is 2. The number of pyridine rings is 5. The fourth-order valence-corrected chi connectivity index (χ4v) is 7.65. The van der Waals surface area contributed by atoms with Gasteiger partial charge in [-0.15, -0.1) is 0 Å². The highest BCUT2D eigenvalue weighted by atomic mass is 127. The molecule has 2 fully saturated rings. The zero-order valence-electron chi connectivity index (χ0n) is 40.7. The topological polar surface area (TPSA) is 399 Å². The molecule has 79 heavy (non-hydrogen) atoms. The SMILES string of the molecule is Nc1cnc(N2CCOCC2)c(-n2cccn2)c1.O=[N+]([O-])c1cnc(Cl)c(-n2cccn2)c1.O=[N+]([O-])c1cnc(N2CCOCC2)c(-n2cccn2)c1.O=c1[nH]cc([N+](=O)[O-])cc1-n1cccn1.O=c1[nH]cc([N+](=O)[O-])cc1I. The van der Waals surface area contributed by atoms with E-state index in [4.69, 9.17) is 26.8 Å². The molecule has 0 unspecified atom stereocenters. The molecule has 34 heteroatoms. The van der Waals surface area contributed by atoms with E-state index in [1.165, 1.54) is 52.2 Å². The molecule has 0 aromatic carbocycles. The lowest BCUT2D eigenvalue weighted by Crippen LogP contribution is -2.37. The zero-order valence-corrected chi connectivity index (χ0v) is 43.6.